The van der Waals surface area contributed by atoms with Crippen molar-refractivity contribution in [1.82, 2.24) is 15.5 Å². The van der Waals surface area contributed by atoms with Crippen LogP contribution in [-0.2, 0) is 0 Å². The number of hydrogen-bond acceptors (Lipinski definition) is 3. The fraction of sp³-hybridized carbons (Fsp3) is 0.611. The van der Waals surface area contributed by atoms with Gasteiger partial charge < -0.3 is 10.1 Å². The molecule has 23 heavy (non-hydrogen) atoms. The number of H-pyrrole nitrogens is 1. The van der Waals surface area contributed by atoms with E-state index in [2.05, 4.69) is 34.6 Å². The number of hydrogen-bond donors (Lipinski definition) is 2. The van der Waals surface area contributed by atoms with Crippen LogP contribution in [0.1, 0.15) is 44.1 Å². The van der Waals surface area contributed by atoms with E-state index in [1.165, 1.54) is 44.2 Å². The van der Waals surface area contributed by atoms with Gasteiger partial charge in [0.15, 0.2) is 0 Å². The average molecular weight is 336 g/mol. The van der Waals surface area contributed by atoms with Gasteiger partial charge >= 0.3 is 0 Å². The van der Waals surface area contributed by atoms with Gasteiger partial charge in [0.05, 0.1) is 11.7 Å². The van der Waals surface area contributed by atoms with Crippen LogP contribution >= 0.6 is 12.4 Å². The molecule has 0 saturated heterocycles. The van der Waals surface area contributed by atoms with Crippen molar-refractivity contribution in [3.8, 4) is 5.75 Å². The highest BCUT2D eigenvalue weighted by molar-refractivity contribution is 5.85. The number of nitrogens with one attached hydrogen (secondary N) is 2. The van der Waals surface area contributed by atoms with E-state index in [0.717, 1.165) is 29.0 Å². The minimum Gasteiger partial charge on any atom is -0.490 e. The molecular weight excluding hydrogens is 310 g/mol. The molecule has 0 spiro atoms. The van der Waals surface area contributed by atoms with Crippen LogP contribution in [0, 0.1) is 12.8 Å². The average Bonchev–Trinajstić information content (AvgIpc) is 3.24. The summed E-state index contributed by atoms with van der Waals surface area (Å²) in [7, 11) is 0. The number of aromatic amines is 1. The lowest BCUT2D eigenvalue weighted by atomic mass is 9.92. The van der Waals surface area contributed by atoms with Crippen molar-refractivity contribution >= 4 is 23.3 Å². The van der Waals surface area contributed by atoms with E-state index < -0.39 is 0 Å². The normalized spacial score (nSPS) is 24.4. The first kappa shape index (κ1) is 16.6. The molecule has 0 bridgehead atoms. The molecule has 2 N–H and O–H groups in total. The highest BCUT2D eigenvalue weighted by Gasteiger charge is 2.26. The molecule has 2 aliphatic carbocycles. The largest absolute Gasteiger partial charge is 0.490 e. The van der Waals surface area contributed by atoms with E-state index in [9.17, 15) is 0 Å². The Morgan fingerprint density at radius 3 is 2.96 bits per heavy atom. The number of aromatic nitrogens is 2. The molecule has 1 aromatic heterocycles. The summed E-state index contributed by atoms with van der Waals surface area (Å²) in [6, 6.07) is 4.78. The molecule has 0 radical (unpaired) electrons. The van der Waals surface area contributed by atoms with Gasteiger partial charge in [0.2, 0.25) is 0 Å². The number of ether oxygens (including phenoxy) is 1. The lowest BCUT2D eigenvalue weighted by Crippen LogP contribution is -2.39. The minimum absolute atomic E-state index is 0. The van der Waals surface area contributed by atoms with Gasteiger partial charge in [-0.1, -0.05) is 0 Å². The number of aryl methyl sites for hydroxylation is 1. The van der Waals surface area contributed by atoms with Crippen LogP contribution in [0.5, 0.6) is 5.75 Å². The molecule has 4 rings (SSSR count). The maximum Gasteiger partial charge on any atom is 0.123 e. The fourth-order valence-corrected chi connectivity index (χ4v) is 3.54. The minimum atomic E-state index is 0. The van der Waals surface area contributed by atoms with Crippen LogP contribution < -0.4 is 10.1 Å². The molecule has 2 fully saturated rings. The van der Waals surface area contributed by atoms with Crippen LogP contribution in [0.25, 0.3) is 10.9 Å². The van der Waals surface area contributed by atoms with Crippen molar-refractivity contribution < 1.29 is 4.74 Å². The van der Waals surface area contributed by atoms with Crippen LogP contribution in [-0.4, -0.2) is 28.9 Å². The van der Waals surface area contributed by atoms with Crippen molar-refractivity contribution in [2.24, 2.45) is 5.92 Å². The van der Waals surface area contributed by atoms with E-state index in [-0.39, 0.29) is 12.4 Å². The van der Waals surface area contributed by atoms with E-state index in [0.29, 0.717) is 12.1 Å². The molecule has 0 aliphatic heterocycles. The van der Waals surface area contributed by atoms with E-state index in [4.69, 9.17) is 4.74 Å². The smallest absolute Gasteiger partial charge is 0.123 e. The molecule has 5 heteroatoms. The molecule has 1 heterocycles. The maximum absolute atomic E-state index is 6.33. The van der Waals surface area contributed by atoms with Gasteiger partial charge in [0, 0.05) is 17.0 Å². The zero-order valence-electron chi connectivity index (χ0n) is 13.7. The zero-order chi connectivity index (χ0) is 14.9. The Balaban J connectivity index is 0.00000156. The summed E-state index contributed by atoms with van der Waals surface area (Å²) >= 11 is 0. The third-order valence-electron chi connectivity index (χ3n) is 5.16. The first-order chi connectivity index (χ1) is 10.8. The number of rotatable bonds is 5. The van der Waals surface area contributed by atoms with Crippen molar-refractivity contribution in [2.45, 2.75) is 57.6 Å². The Hall–Kier alpha value is -1.26. The van der Waals surface area contributed by atoms with Gasteiger partial charge in [0.1, 0.15) is 11.9 Å². The van der Waals surface area contributed by atoms with Gasteiger partial charge in [0.25, 0.3) is 0 Å². The van der Waals surface area contributed by atoms with Gasteiger partial charge in [-0.15, -0.1) is 12.4 Å². The van der Waals surface area contributed by atoms with Crippen LogP contribution in [0.15, 0.2) is 18.3 Å². The highest BCUT2D eigenvalue weighted by Crippen LogP contribution is 2.31. The predicted molar refractivity (Wildman–Crippen MR) is 95.5 cm³/mol. The van der Waals surface area contributed by atoms with Gasteiger partial charge in [-0.2, -0.15) is 5.10 Å². The Morgan fingerprint density at radius 2 is 2.13 bits per heavy atom. The molecule has 2 aliphatic rings. The zero-order valence-corrected chi connectivity index (χ0v) is 14.5. The second-order valence-electron chi connectivity index (χ2n) is 6.97. The van der Waals surface area contributed by atoms with E-state index in [1.54, 1.807) is 0 Å². The number of fused-ring (bicyclic) bond motifs is 1. The SMILES string of the molecule is Cc1c(O[C@H]2CCC[C@@H](NCC3CC3)C2)ccc2[nH]ncc12.Cl. The Labute approximate surface area is 143 Å². The van der Waals surface area contributed by atoms with Crippen molar-refractivity contribution in [2.75, 3.05) is 6.54 Å². The van der Waals surface area contributed by atoms with Crippen molar-refractivity contribution in [3.63, 3.8) is 0 Å². The molecule has 2 aromatic rings. The fourth-order valence-electron chi connectivity index (χ4n) is 3.54. The summed E-state index contributed by atoms with van der Waals surface area (Å²) in [5.41, 5.74) is 2.27. The molecule has 0 unspecified atom stereocenters. The van der Waals surface area contributed by atoms with Gasteiger partial charge in [-0.25, -0.2) is 0 Å². The second-order valence-corrected chi connectivity index (χ2v) is 6.97. The topological polar surface area (TPSA) is 49.9 Å². The third-order valence-corrected chi connectivity index (χ3v) is 5.16. The Bertz CT molecular complexity index is 653. The molecule has 2 atom stereocenters. The number of halogens is 1. The van der Waals surface area contributed by atoms with E-state index in [1.807, 2.05) is 6.20 Å². The highest BCUT2D eigenvalue weighted by atomic mass is 35.5. The summed E-state index contributed by atoms with van der Waals surface area (Å²) in [6.45, 7) is 3.33. The van der Waals surface area contributed by atoms with Crippen LogP contribution in [0.2, 0.25) is 0 Å². The first-order valence-corrected chi connectivity index (χ1v) is 8.62. The van der Waals surface area contributed by atoms with Gasteiger partial charge in [-0.05, 0) is 70.0 Å². The molecular formula is C18H26ClN3O. The maximum atomic E-state index is 6.33. The quantitative estimate of drug-likeness (QED) is 0.868. The lowest BCUT2D eigenvalue weighted by molar-refractivity contribution is 0.134. The van der Waals surface area contributed by atoms with Crippen molar-refractivity contribution in [3.05, 3.63) is 23.9 Å². The second kappa shape index (κ2) is 7.10. The molecule has 126 valence electrons. The summed E-state index contributed by atoms with van der Waals surface area (Å²) in [5, 5.41) is 12.0. The lowest BCUT2D eigenvalue weighted by Gasteiger charge is -2.30. The Morgan fingerprint density at radius 1 is 1.26 bits per heavy atom. The number of benzene rings is 1. The summed E-state index contributed by atoms with van der Waals surface area (Å²) in [6.07, 6.45) is 9.94. The molecule has 1 aromatic carbocycles. The summed E-state index contributed by atoms with van der Waals surface area (Å²) < 4.78 is 6.33. The Kier molecular flexibility index (Phi) is 5.12. The van der Waals surface area contributed by atoms with Crippen molar-refractivity contribution in [1.29, 1.82) is 0 Å². The molecule has 4 nitrogen and oxygen atoms in total. The number of nitrogens with zero attached hydrogens (tertiary/aromatic N) is 1. The third kappa shape index (κ3) is 3.81. The molecule has 2 saturated carbocycles. The standard InChI is InChI=1S/C18H25N3O.ClH/c1-12-16-11-20-21-17(16)7-8-18(12)22-15-4-2-3-14(9-15)19-10-13-5-6-13;/h7-8,11,13-15,19H,2-6,9-10H2,1H3,(H,20,21);1H/t14-,15+;/m1./s1. The van der Waals surface area contributed by atoms with Gasteiger partial charge in [-0.3, -0.25) is 5.10 Å². The monoisotopic (exact) mass is 335 g/mol. The van der Waals surface area contributed by atoms with Crippen LogP contribution in [0.3, 0.4) is 0 Å². The van der Waals surface area contributed by atoms with E-state index >= 15 is 0 Å². The summed E-state index contributed by atoms with van der Waals surface area (Å²) in [5.74, 6) is 1.97. The predicted octanol–water partition coefficient (Wildman–Crippen LogP) is 3.98. The molecule has 0 amide bonds. The summed E-state index contributed by atoms with van der Waals surface area (Å²) in [4.78, 5) is 0. The van der Waals surface area contributed by atoms with Crippen LogP contribution in [0.4, 0.5) is 0 Å². The first-order valence-electron chi connectivity index (χ1n) is 8.62.